The zero-order valence-corrected chi connectivity index (χ0v) is 13.6. The fourth-order valence-electron chi connectivity index (χ4n) is 2.25. The number of hydrogen-bond donors (Lipinski definition) is 0. The van der Waals surface area contributed by atoms with Gasteiger partial charge < -0.3 is 14.4 Å². The van der Waals surface area contributed by atoms with Crippen molar-refractivity contribution >= 4 is 17.5 Å². The van der Waals surface area contributed by atoms with Gasteiger partial charge in [-0.25, -0.2) is 0 Å². The topological polar surface area (TPSA) is 38.8 Å². The summed E-state index contributed by atoms with van der Waals surface area (Å²) in [5.74, 6) is 1.17. The van der Waals surface area contributed by atoms with Gasteiger partial charge in [-0.3, -0.25) is 4.79 Å². The molecule has 0 heterocycles. The van der Waals surface area contributed by atoms with Crippen LogP contribution in [0.15, 0.2) is 42.5 Å². The molecular weight excluding hydrogens is 302 g/mol. The summed E-state index contributed by atoms with van der Waals surface area (Å²) in [6, 6.07) is 12.5. The number of methoxy groups -OCH3 is 2. The van der Waals surface area contributed by atoms with Gasteiger partial charge in [0.25, 0.3) is 5.91 Å². The molecule has 0 aliphatic carbocycles. The molecule has 0 aliphatic heterocycles. The van der Waals surface area contributed by atoms with E-state index >= 15 is 0 Å². The number of ether oxygens (including phenoxy) is 2. The lowest BCUT2D eigenvalue weighted by Gasteiger charge is -2.20. The van der Waals surface area contributed by atoms with Crippen molar-refractivity contribution in [2.45, 2.75) is 6.54 Å². The molecule has 0 radical (unpaired) electrons. The van der Waals surface area contributed by atoms with E-state index in [0.29, 0.717) is 28.6 Å². The van der Waals surface area contributed by atoms with Gasteiger partial charge in [0.1, 0.15) is 0 Å². The van der Waals surface area contributed by atoms with E-state index in [9.17, 15) is 4.79 Å². The Morgan fingerprint density at radius 2 is 1.86 bits per heavy atom. The average molecular weight is 320 g/mol. The maximum Gasteiger partial charge on any atom is 0.253 e. The lowest BCUT2D eigenvalue weighted by Crippen LogP contribution is -2.26. The van der Waals surface area contributed by atoms with Crippen LogP contribution in [-0.2, 0) is 6.54 Å². The maximum absolute atomic E-state index is 12.5. The van der Waals surface area contributed by atoms with Crippen molar-refractivity contribution < 1.29 is 14.3 Å². The molecule has 2 aromatic rings. The molecule has 5 heteroatoms. The Balaban J connectivity index is 2.22. The summed E-state index contributed by atoms with van der Waals surface area (Å²) in [6.45, 7) is 0.408. The molecule has 0 bridgehead atoms. The number of carbonyl (C=O) groups excluding carboxylic acids is 1. The summed E-state index contributed by atoms with van der Waals surface area (Å²) < 4.78 is 10.7. The van der Waals surface area contributed by atoms with Crippen LogP contribution in [0.2, 0.25) is 5.02 Å². The van der Waals surface area contributed by atoms with Crippen LogP contribution in [0.1, 0.15) is 15.9 Å². The van der Waals surface area contributed by atoms with E-state index in [0.717, 1.165) is 5.56 Å². The van der Waals surface area contributed by atoms with E-state index in [1.54, 1.807) is 50.4 Å². The highest BCUT2D eigenvalue weighted by Gasteiger charge is 2.16. The van der Waals surface area contributed by atoms with Gasteiger partial charge >= 0.3 is 0 Å². The standard InChI is InChI=1S/C17H18ClNO3/c1-19(17(20)12-6-4-8-14(18)10-12)11-13-7-5-9-15(21-2)16(13)22-3/h4-10H,11H2,1-3H3. The molecule has 4 nitrogen and oxygen atoms in total. The quantitative estimate of drug-likeness (QED) is 0.844. The van der Waals surface area contributed by atoms with Crippen molar-refractivity contribution in [3.8, 4) is 11.5 Å². The van der Waals surface area contributed by atoms with Gasteiger partial charge in [-0.05, 0) is 24.3 Å². The van der Waals surface area contributed by atoms with Crippen LogP contribution in [0, 0.1) is 0 Å². The number of hydrogen-bond acceptors (Lipinski definition) is 3. The minimum Gasteiger partial charge on any atom is -0.493 e. The van der Waals surface area contributed by atoms with Crippen molar-refractivity contribution in [1.29, 1.82) is 0 Å². The second-order valence-electron chi connectivity index (χ2n) is 4.82. The van der Waals surface area contributed by atoms with Gasteiger partial charge in [-0.2, -0.15) is 0 Å². The molecule has 0 aliphatic rings. The number of rotatable bonds is 5. The fourth-order valence-corrected chi connectivity index (χ4v) is 2.44. The monoisotopic (exact) mass is 319 g/mol. The molecule has 22 heavy (non-hydrogen) atoms. The van der Waals surface area contributed by atoms with E-state index in [4.69, 9.17) is 21.1 Å². The second-order valence-corrected chi connectivity index (χ2v) is 5.26. The Labute approximate surface area is 135 Å². The fraction of sp³-hybridized carbons (Fsp3) is 0.235. The third kappa shape index (κ3) is 3.52. The minimum absolute atomic E-state index is 0.104. The van der Waals surface area contributed by atoms with Crippen molar-refractivity contribution in [3.05, 3.63) is 58.6 Å². The number of nitrogens with zero attached hydrogens (tertiary/aromatic N) is 1. The first-order valence-corrected chi connectivity index (χ1v) is 7.15. The van der Waals surface area contributed by atoms with Gasteiger partial charge in [-0.15, -0.1) is 0 Å². The molecule has 2 aromatic carbocycles. The molecule has 2 rings (SSSR count). The van der Waals surface area contributed by atoms with Crippen molar-refractivity contribution in [2.75, 3.05) is 21.3 Å². The summed E-state index contributed by atoms with van der Waals surface area (Å²) >= 11 is 5.93. The van der Waals surface area contributed by atoms with Gasteiger partial charge in [0.05, 0.1) is 14.2 Å². The number of para-hydroxylation sites is 1. The smallest absolute Gasteiger partial charge is 0.253 e. The predicted octanol–water partition coefficient (Wildman–Crippen LogP) is 3.63. The third-order valence-corrected chi connectivity index (χ3v) is 3.55. The summed E-state index contributed by atoms with van der Waals surface area (Å²) in [6.07, 6.45) is 0. The molecule has 0 saturated heterocycles. The zero-order valence-electron chi connectivity index (χ0n) is 12.8. The first kappa shape index (κ1) is 16.2. The molecule has 0 spiro atoms. The highest BCUT2D eigenvalue weighted by molar-refractivity contribution is 6.30. The van der Waals surface area contributed by atoms with Gasteiger partial charge in [-0.1, -0.05) is 29.8 Å². The first-order valence-electron chi connectivity index (χ1n) is 6.77. The Morgan fingerprint density at radius 1 is 1.14 bits per heavy atom. The Bertz CT molecular complexity index is 673. The largest absolute Gasteiger partial charge is 0.493 e. The van der Waals surface area contributed by atoms with Crippen molar-refractivity contribution in [3.63, 3.8) is 0 Å². The van der Waals surface area contributed by atoms with Gasteiger partial charge in [0.15, 0.2) is 11.5 Å². The Morgan fingerprint density at radius 3 is 2.50 bits per heavy atom. The molecule has 0 fully saturated rings. The van der Waals surface area contributed by atoms with E-state index in [1.165, 1.54) is 0 Å². The van der Waals surface area contributed by atoms with Crippen LogP contribution in [-0.4, -0.2) is 32.1 Å². The highest BCUT2D eigenvalue weighted by atomic mass is 35.5. The lowest BCUT2D eigenvalue weighted by atomic mass is 10.1. The van der Waals surface area contributed by atoms with Crippen molar-refractivity contribution in [2.24, 2.45) is 0 Å². The Hall–Kier alpha value is -2.20. The average Bonchev–Trinajstić information content (AvgIpc) is 2.53. The highest BCUT2D eigenvalue weighted by Crippen LogP contribution is 2.31. The number of amides is 1. The molecule has 0 saturated carbocycles. The second kappa shape index (κ2) is 7.18. The minimum atomic E-state index is -0.104. The first-order chi connectivity index (χ1) is 10.6. The van der Waals surface area contributed by atoms with Crippen LogP contribution in [0.4, 0.5) is 0 Å². The Kier molecular flexibility index (Phi) is 5.28. The normalized spacial score (nSPS) is 10.2. The van der Waals surface area contributed by atoms with Crippen molar-refractivity contribution in [1.82, 2.24) is 4.90 Å². The molecular formula is C17H18ClNO3. The van der Waals surface area contributed by atoms with Crippen LogP contribution in [0.5, 0.6) is 11.5 Å². The summed E-state index contributed by atoms with van der Waals surface area (Å²) in [5.41, 5.74) is 1.43. The van der Waals surface area contributed by atoms with E-state index in [-0.39, 0.29) is 5.91 Å². The lowest BCUT2D eigenvalue weighted by molar-refractivity contribution is 0.0784. The SMILES string of the molecule is COc1cccc(CN(C)C(=O)c2cccc(Cl)c2)c1OC. The number of benzene rings is 2. The number of halogens is 1. The molecule has 116 valence electrons. The van der Waals surface area contributed by atoms with E-state index in [2.05, 4.69) is 0 Å². The van der Waals surface area contributed by atoms with Gasteiger partial charge in [0.2, 0.25) is 0 Å². The third-order valence-electron chi connectivity index (χ3n) is 3.31. The van der Waals surface area contributed by atoms with Gasteiger partial charge in [0, 0.05) is 29.7 Å². The van der Waals surface area contributed by atoms with E-state index < -0.39 is 0 Å². The number of carbonyl (C=O) groups is 1. The molecule has 0 unspecified atom stereocenters. The van der Waals surface area contributed by atoms with Crippen LogP contribution in [0.3, 0.4) is 0 Å². The molecule has 0 atom stereocenters. The summed E-state index contributed by atoms with van der Waals surface area (Å²) in [7, 11) is 4.91. The molecule has 0 N–H and O–H groups in total. The maximum atomic E-state index is 12.5. The predicted molar refractivity (Wildman–Crippen MR) is 86.8 cm³/mol. The van der Waals surface area contributed by atoms with Crippen LogP contribution < -0.4 is 9.47 Å². The molecule has 0 aromatic heterocycles. The summed E-state index contributed by atoms with van der Waals surface area (Å²) in [4.78, 5) is 14.1. The van der Waals surface area contributed by atoms with Crippen LogP contribution >= 0.6 is 11.6 Å². The molecule has 1 amide bonds. The summed E-state index contributed by atoms with van der Waals surface area (Å²) in [5, 5.41) is 0.540. The zero-order chi connectivity index (χ0) is 16.1. The van der Waals surface area contributed by atoms with E-state index in [1.807, 2.05) is 18.2 Å². The van der Waals surface area contributed by atoms with Crippen LogP contribution in [0.25, 0.3) is 0 Å².